The molecule has 124 valence electrons. The highest BCUT2D eigenvalue weighted by Crippen LogP contribution is 2.08. The Morgan fingerprint density at radius 2 is 1.52 bits per heavy atom. The zero-order valence-electron chi connectivity index (χ0n) is 14.2. The van der Waals surface area contributed by atoms with E-state index in [0.717, 1.165) is 0 Å². The Labute approximate surface area is 127 Å². The number of alkyl carbamates (subject to hydrolysis) is 1. The second-order valence-corrected chi connectivity index (χ2v) is 6.85. The quantitative estimate of drug-likeness (QED) is 0.764. The van der Waals surface area contributed by atoms with E-state index in [2.05, 4.69) is 5.32 Å². The minimum atomic E-state index is -0.542. The van der Waals surface area contributed by atoms with Gasteiger partial charge in [0.15, 0.2) is 0 Å². The van der Waals surface area contributed by atoms with Crippen LogP contribution in [0.2, 0.25) is 0 Å². The van der Waals surface area contributed by atoms with Crippen molar-refractivity contribution in [3.05, 3.63) is 0 Å². The molecule has 0 aliphatic heterocycles. The molecule has 0 heterocycles. The van der Waals surface area contributed by atoms with Crippen LogP contribution in [0.4, 0.5) is 4.79 Å². The summed E-state index contributed by atoms with van der Waals surface area (Å²) >= 11 is 0. The van der Waals surface area contributed by atoms with Gasteiger partial charge in [0.25, 0.3) is 0 Å². The molecule has 21 heavy (non-hydrogen) atoms. The Hall–Kier alpha value is -1.30. The number of nitrogens with one attached hydrogen (secondary N) is 1. The maximum atomic E-state index is 11.6. The van der Waals surface area contributed by atoms with Crippen molar-refractivity contribution in [3.63, 3.8) is 0 Å². The van der Waals surface area contributed by atoms with Crippen LogP contribution in [-0.4, -0.2) is 42.5 Å². The molecule has 0 aromatic carbocycles. The minimum Gasteiger partial charge on any atom is -0.458 e. The van der Waals surface area contributed by atoms with Gasteiger partial charge in [-0.3, -0.25) is 0 Å². The molecule has 1 unspecified atom stereocenters. The highest BCUT2D eigenvalue weighted by Gasteiger charge is 2.20. The van der Waals surface area contributed by atoms with Crippen LogP contribution in [0.3, 0.4) is 0 Å². The molecule has 0 saturated heterocycles. The van der Waals surface area contributed by atoms with E-state index in [9.17, 15) is 9.59 Å². The first kappa shape index (κ1) is 19.7. The summed E-state index contributed by atoms with van der Waals surface area (Å²) in [4.78, 5) is 23.1. The fourth-order valence-electron chi connectivity index (χ4n) is 1.39. The van der Waals surface area contributed by atoms with E-state index < -0.39 is 23.3 Å². The molecule has 6 nitrogen and oxygen atoms in total. The van der Waals surface area contributed by atoms with Crippen LogP contribution in [0.25, 0.3) is 0 Å². The summed E-state index contributed by atoms with van der Waals surface area (Å²) in [5.74, 6) is -0.422. The Kier molecular flexibility index (Phi) is 7.71. The van der Waals surface area contributed by atoms with Crippen molar-refractivity contribution < 1.29 is 23.8 Å². The van der Waals surface area contributed by atoms with E-state index in [1.807, 2.05) is 6.92 Å². The number of hydrogen-bond donors (Lipinski definition) is 1. The van der Waals surface area contributed by atoms with Crippen molar-refractivity contribution in [3.8, 4) is 0 Å². The van der Waals surface area contributed by atoms with Gasteiger partial charge in [0.2, 0.25) is 0 Å². The van der Waals surface area contributed by atoms with Gasteiger partial charge in [-0.1, -0.05) is 6.92 Å². The first-order valence-corrected chi connectivity index (χ1v) is 7.22. The molecule has 0 rings (SSSR count). The number of esters is 1. The van der Waals surface area contributed by atoms with Crippen molar-refractivity contribution in [2.24, 2.45) is 0 Å². The summed E-state index contributed by atoms with van der Waals surface area (Å²) in [6.45, 7) is 12.8. The molecule has 1 atom stereocenters. The van der Waals surface area contributed by atoms with Gasteiger partial charge in [-0.25, -0.2) is 9.59 Å². The van der Waals surface area contributed by atoms with Crippen LogP contribution < -0.4 is 5.32 Å². The maximum absolute atomic E-state index is 11.6. The van der Waals surface area contributed by atoms with Crippen LogP contribution in [0.15, 0.2) is 0 Å². The topological polar surface area (TPSA) is 73.9 Å². The predicted octanol–water partition coefficient (Wildman–Crippen LogP) is 2.65. The van der Waals surface area contributed by atoms with Crippen molar-refractivity contribution in [2.45, 2.75) is 72.1 Å². The number of ether oxygens (including phenoxy) is 3. The van der Waals surface area contributed by atoms with Crippen LogP contribution in [0.1, 0.15) is 54.9 Å². The number of rotatable bonds is 6. The molecule has 1 N–H and O–H groups in total. The van der Waals surface area contributed by atoms with E-state index >= 15 is 0 Å². The third kappa shape index (κ3) is 12.2. The average molecular weight is 303 g/mol. The maximum Gasteiger partial charge on any atom is 0.407 e. The molecule has 0 aromatic rings. The molecule has 0 radical (unpaired) electrons. The number of carbonyl (C=O) groups excluding carboxylic acids is 2. The van der Waals surface area contributed by atoms with Crippen LogP contribution in [-0.2, 0) is 19.0 Å². The molecular weight excluding hydrogens is 274 g/mol. The normalized spacial score (nSPS) is 13.5. The van der Waals surface area contributed by atoms with Gasteiger partial charge in [0.05, 0.1) is 12.6 Å². The Morgan fingerprint density at radius 3 is 1.95 bits per heavy atom. The molecule has 0 fully saturated rings. The minimum absolute atomic E-state index is 0.135. The molecule has 0 aliphatic rings. The third-order valence-electron chi connectivity index (χ3n) is 2.17. The number of carbonyl (C=O) groups is 2. The van der Waals surface area contributed by atoms with Gasteiger partial charge in [0.1, 0.15) is 17.8 Å². The summed E-state index contributed by atoms with van der Waals surface area (Å²) in [7, 11) is 0. The molecule has 0 saturated carbocycles. The summed E-state index contributed by atoms with van der Waals surface area (Å²) in [6.07, 6.45) is 0.184. The molecule has 0 bridgehead atoms. The summed E-state index contributed by atoms with van der Waals surface area (Å²) in [6, 6.07) is -0.206. The largest absolute Gasteiger partial charge is 0.458 e. The molecular formula is C15H29NO5. The first-order chi connectivity index (χ1) is 9.43. The van der Waals surface area contributed by atoms with Gasteiger partial charge in [-0.05, 0) is 48.0 Å². The van der Waals surface area contributed by atoms with E-state index in [4.69, 9.17) is 14.2 Å². The molecule has 6 heteroatoms. The lowest BCUT2D eigenvalue weighted by molar-refractivity contribution is -0.160. The second kappa shape index (κ2) is 8.22. The van der Waals surface area contributed by atoms with E-state index in [1.54, 1.807) is 41.5 Å². The Bertz CT molecular complexity index is 341. The highest BCUT2D eigenvalue weighted by atomic mass is 16.6. The van der Waals surface area contributed by atoms with Crippen LogP contribution >= 0.6 is 0 Å². The molecule has 0 aromatic heterocycles. The molecule has 0 spiro atoms. The Morgan fingerprint density at radius 1 is 1.00 bits per heavy atom. The van der Waals surface area contributed by atoms with Gasteiger partial charge in [-0.2, -0.15) is 0 Å². The fourth-order valence-corrected chi connectivity index (χ4v) is 1.39. The molecule has 1 amide bonds. The lowest BCUT2D eigenvalue weighted by Gasteiger charge is -2.23. The fraction of sp³-hybridized carbons (Fsp3) is 0.867. The summed E-state index contributed by atoms with van der Waals surface area (Å²) in [5, 5.41) is 2.71. The number of amides is 1. The van der Waals surface area contributed by atoms with E-state index in [0.29, 0.717) is 6.42 Å². The van der Waals surface area contributed by atoms with Gasteiger partial charge < -0.3 is 19.5 Å². The standard InChI is InChI=1S/C15H29NO5/c1-8-11(16-13(18)21-15(5,6)7)9-19-10-12(17)20-14(2,3)4/h11H,8-10H2,1-7H3,(H,16,18). The zero-order chi connectivity index (χ0) is 16.7. The summed E-state index contributed by atoms with van der Waals surface area (Å²) in [5.41, 5.74) is -1.07. The smallest absolute Gasteiger partial charge is 0.407 e. The van der Waals surface area contributed by atoms with Gasteiger partial charge >= 0.3 is 12.1 Å². The van der Waals surface area contributed by atoms with Gasteiger partial charge in [0, 0.05) is 0 Å². The zero-order valence-corrected chi connectivity index (χ0v) is 14.2. The van der Waals surface area contributed by atoms with E-state index in [-0.39, 0.29) is 19.3 Å². The monoisotopic (exact) mass is 303 g/mol. The van der Waals surface area contributed by atoms with Crippen molar-refractivity contribution in [2.75, 3.05) is 13.2 Å². The van der Waals surface area contributed by atoms with Crippen molar-refractivity contribution >= 4 is 12.1 Å². The SMILES string of the molecule is CCC(COCC(=O)OC(C)(C)C)NC(=O)OC(C)(C)C. The predicted molar refractivity (Wildman–Crippen MR) is 80.1 cm³/mol. The van der Waals surface area contributed by atoms with Crippen LogP contribution in [0, 0.1) is 0 Å². The van der Waals surface area contributed by atoms with Gasteiger partial charge in [-0.15, -0.1) is 0 Å². The lowest BCUT2D eigenvalue weighted by atomic mass is 10.2. The van der Waals surface area contributed by atoms with Crippen molar-refractivity contribution in [1.82, 2.24) is 5.32 Å². The molecule has 0 aliphatic carbocycles. The lowest BCUT2D eigenvalue weighted by Crippen LogP contribution is -2.41. The third-order valence-corrected chi connectivity index (χ3v) is 2.17. The Balaban J connectivity index is 4.06. The number of hydrogen-bond acceptors (Lipinski definition) is 5. The van der Waals surface area contributed by atoms with Crippen molar-refractivity contribution in [1.29, 1.82) is 0 Å². The summed E-state index contributed by atoms with van der Waals surface area (Å²) < 4.78 is 15.6. The second-order valence-electron chi connectivity index (χ2n) is 6.85. The average Bonchev–Trinajstić information content (AvgIpc) is 2.22. The first-order valence-electron chi connectivity index (χ1n) is 7.22. The van der Waals surface area contributed by atoms with Crippen LogP contribution in [0.5, 0.6) is 0 Å². The van der Waals surface area contributed by atoms with E-state index in [1.165, 1.54) is 0 Å². The highest BCUT2D eigenvalue weighted by molar-refractivity contribution is 5.71.